The molecule has 0 amide bonds. The van der Waals surface area contributed by atoms with E-state index in [0.29, 0.717) is 0 Å². The molecule has 0 atom stereocenters. The Bertz CT molecular complexity index is 348. The Morgan fingerprint density at radius 3 is 2.54 bits per heavy atom. The van der Waals surface area contributed by atoms with Crippen LogP contribution >= 0.6 is 0 Å². The van der Waals surface area contributed by atoms with Crippen molar-refractivity contribution in [1.82, 2.24) is 0 Å². The molecule has 3 heteroatoms. The molecule has 0 aliphatic carbocycles. The summed E-state index contributed by atoms with van der Waals surface area (Å²) < 4.78 is 11.4. The van der Waals surface area contributed by atoms with Gasteiger partial charge in [0.2, 0.25) is 0 Å². The van der Waals surface area contributed by atoms with Crippen LogP contribution in [0.4, 0.5) is 4.53 Å². The molecule has 0 aliphatic heterocycles. The molecule has 0 aliphatic rings. The molecular formula is C10H7FO2. The SMILES string of the molecule is C=C=Cc1ccc(C(=O)OF)cc1. The Kier molecular flexibility index (Phi) is 3.01. The predicted octanol–water partition coefficient (Wildman–Crippen LogP) is 2.53. The lowest BCUT2D eigenvalue weighted by molar-refractivity contribution is -0.0788. The topological polar surface area (TPSA) is 26.3 Å². The van der Waals surface area contributed by atoms with Gasteiger partial charge in [0.25, 0.3) is 0 Å². The minimum absolute atomic E-state index is 0.170. The number of hydrogen-bond donors (Lipinski definition) is 0. The van der Waals surface area contributed by atoms with E-state index < -0.39 is 5.97 Å². The van der Waals surface area contributed by atoms with Crippen molar-refractivity contribution in [2.75, 3.05) is 0 Å². The number of halogens is 1. The maximum absolute atomic E-state index is 11.4. The van der Waals surface area contributed by atoms with Crippen LogP contribution in [0.3, 0.4) is 0 Å². The van der Waals surface area contributed by atoms with Crippen LogP contribution in [0.2, 0.25) is 0 Å². The van der Waals surface area contributed by atoms with Gasteiger partial charge in [-0.15, -0.1) is 5.73 Å². The zero-order valence-corrected chi connectivity index (χ0v) is 6.79. The number of hydrogen-bond acceptors (Lipinski definition) is 2. The second-order valence-corrected chi connectivity index (χ2v) is 2.34. The van der Waals surface area contributed by atoms with E-state index in [-0.39, 0.29) is 5.56 Å². The molecule has 1 aromatic carbocycles. The average Bonchev–Trinajstić information content (AvgIpc) is 2.18. The molecule has 0 unspecified atom stereocenters. The molecule has 66 valence electrons. The third kappa shape index (κ3) is 2.29. The van der Waals surface area contributed by atoms with Gasteiger partial charge in [-0.05, 0) is 23.8 Å². The third-order valence-electron chi connectivity index (χ3n) is 1.49. The monoisotopic (exact) mass is 178 g/mol. The van der Waals surface area contributed by atoms with Crippen LogP contribution in [0.25, 0.3) is 6.08 Å². The van der Waals surface area contributed by atoms with Gasteiger partial charge in [-0.3, -0.25) is 0 Å². The zero-order chi connectivity index (χ0) is 9.68. The maximum Gasteiger partial charge on any atom is 0.379 e. The quantitative estimate of drug-likeness (QED) is 0.650. The van der Waals surface area contributed by atoms with Gasteiger partial charge in [0, 0.05) is 4.53 Å². The predicted molar refractivity (Wildman–Crippen MR) is 46.6 cm³/mol. The summed E-state index contributed by atoms with van der Waals surface area (Å²) in [4.78, 5) is 13.7. The van der Waals surface area contributed by atoms with E-state index >= 15 is 0 Å². The lowest BCUT2D eigenvalue weighted by Crippen LogP contribution is -1.97. The molecule has 2 nitrogen and oxygen atoms in total. The third-order valence-corrected chi connectivity index (χ3v) is 1.49. The Labute approximate surface area is 74.9 Å². The minimum atomic E-state index is -0.992. The lowest BCUT2D eigenvalue weighted by Gasteiger charge is -1.95. The number of rotatable bonds is 2. The van der Waals surface area contributed by atoms with Crippen molar-refractivity contribution in [3.05, 3.63) is 47.7 Å². The van der Waals surface area contributed by atoms with Crippen LogP contribution in [0.5, 0.6) is 0 Å². The molecule has 0 fully saturated rings. The van der Waals surface area contributed by atoms with Crippen molar-refractivity contribution >= 4 is 12.0 Å². The van der Waals surface area contributed by atoms with Crippen molar-refractivity contribution in [3.63, 3.8) is 0 Å². The molecule has 1 aromatic rings. The first-order valence-corrected chi connectivity index (χ1v) is 3.56. The van der Waals surface area contributed by atoms with Gasteiger partial charge in [0.05, 0.1) is 5.56 Å². The highest BCUT2D eigenvalue weighted by Gasteiger charge is 2.05. The van der Waals surface area contributed by atoms with Gasteiger partial charge in [0.1, 0.15) is 0 Å². The molecule has 0 saturated heterocycles. The average molecular weight is 178 g/mol. The van der Waals surface area contributed by atoms with E-state index in [1.165, 1.54) is 12.1 Å². The molecule has 0 radical (unpaired) electrons. The van der Waals surface area contributed by atoms with Gasteiger partial charge in [-0.2, -0.15) is 0 Å². The summed E-state index contributed by atoms with van der Waals surface area (Å²) in [6.07, 6.45) is 1.64. The summed E-state index contributed by atoms with van der Waals surface area (Å²) >= 11 is 0. The second kappa shape index (κ2) is 4.24. The van der Waals surface area contributed by atoms with Gasteiger partial charge in [0.15, 0.2) is 0 Å². The van der Waals surface area contributed by atoms with Gasteiger partial charge in [-0.25, -0.2) is 9.74 Å². The largest absolute Gasteiger partial charge is 0.379 e. The van der Waals surface area contributed by atoms with E-state index in [1.54, 1.807) is 18.2 Å². The van der Waals surface area contributed by atoms with Crippen molar-refractivity contribution < 1.29 is 14.3 Å². The first kappa shape index (κ1) is 9.23. The summed E-state index contributed by atoms with van der Waals surface area (Å²) in [5, 5.41) is 0. The zero-order valence-electron chi connectivity index (χ0n) is 6.79. The Balaban J connectivity index is 2.93. The van der Waals surface area contributed by atoms with Crippen molar-refractivity contribution in [3.8, 4) is 0 Å². The highest BCUT2D eigenvalue weighted by Crippen LogP contribution is 2.06. The van der Waals surface area contributed by atoms with E-state index in [4.69, 9.17) is 0 Å². The Morgan fingerprint density at radius 1 is 1.46 bits per heavy atom. The van der Waals surface area contributed by atoms with Crippen LogP contribution < -0.4 is 0 Å². The number of benzene rings is 1. The van der Waals surface area contributed by atoms with Crippen LogP contribution in [0.15, 0.2) is 36.6 Å². The Morgan fingerprint density at radius 2 is 2.08 bits per heavy atom. The summed E-state index contributed by atoms with van der Waals surface area (Å²) in [5.74, 6) is -0.992. The molecule has 0 bridgehead atoms. The molecule has 0 N–H and O–H groups in total. The fraction of sp³-hybridized carbons (Fsp3) is 0. The molecule has 13 heavy (non-hydrogen) atoms. The van der Waals surface area contributed by atoms with Gasteiger partial charge in [-0.1, -0.05) is 18.7 Å². The molecule has 0 aromatic heterocycles. The summed E-state index contributed by atoms with van der Waals surface area (Å²) in [5.41, 5.74) is 3.59. The fourth-order valence-electron chi connectivity index (χ4n) is 0.878. The number of carbonyl (C=O) groups excluding carboxylic acids is 1. The molecule has 1 rings (SSSR count). The smallest absolute Gasteiger partial charge is 0.249 e. The van der Waals surface area contributed by atoms with Gasteiger partial charge >= 0.3 is 5.97 Å². The van der Waals surface area contributed by atoms with Crippen LogP contribution in [-0.2, 0) is 4.94 Å². The van der Waals surface area contributed by atoms with Crippen molar-refractivity contribution in [2.24, 2.45) is 0 Å². The van der Waals surface area contributed by atoms with E-state index in [9.17, 15) is 9.32 Å². The van der Waals surface area contributed by atoms with E-state index in [1.807, 2.05) is 0 Å². The summed E-state index contributed by atoms with van der Waals surface area (Å²) in [6, 6.07) is 6.21. The standard InChI is InChI=1S/C10H7FO2/c1-2-3-8-4-6-9(7-5-8)10(12)13-11/h3-7H,1H2. The Hall–Kier alpha value is -1.86. The minimum Gasteiger partial charge on any atom is -0.249 e. The summed E-state index contributed by atoms with van der Waals surface area (Å²) in [6.45, 7) is 3.40. The van der Waals surface area contributed by atoms with E-state index in [0.717, 1.165) is 5.56 Å². The molecule has 0 saturated carbocycles. The normalized spacial score (nSPS) is 8.69. The maximum atomic E-state index is 11.4. The van der Waals surface area contributed by atoms with Crippen molar-refractivity contribution in [1.29, 1.82) is 0 Å². The molecule has 0 heterocycles. The van der Waals surface area contributed by atoms with E-state index in [2.05, 4.69) is 17.3 Å². The van der Waals surface area contributed by atoms with Crippen molar-refractivity contribution in [2.45, 2.75) is 0 Å². The second-order valence-electron chi connectivity index (χ2n) is 2.34. The lowest BCUT2D eigenvalue weighted by atomic mass is 10.1. The van der Waals surface area contributed by atoms with Gasteiger partial charge < -0.3 is 0 Å². The van der Waals surface area contributed by atoms with Crippen LogP contribution in [-0.4, -0.2) is 5.97 Å². The number of carbonyl (C=O) groups is 1. The highest BCUT2D eigenvalue weighted by atomic mass is 19.3. The highest BCUT2D eigenvalue weighted by molar-refractivity contribution is 5.89. The van der Waals surface area contributed by atoms with Crippen LogP contribution in [0, 0.1) is 0 Å². The molecular weight excluding hydrogens is 171 g/mol. The first-order chi connectivity index (χ1) is 6.27. The van der Waals surface area contributed by atoms with Crippen LogP contribution in [0.1, 0.15) is 15.9 Å². The first-order valence-electron chi connectivity index (χ1n) is 3.56. The fourth-order valence-corrected chi connectivity index (χ4v) is 0.878. The molecule has 0 spiro atoms. The summed E-state index contributed by atoms with van der Waals surface area (Å²) in [7, 11) is 0.